The molecule has 1 N–H and O–H groups in total. The van der Waals surface area contributed by atoms with Crippen LogP contribution in [0.4, 0.5) is 5.69 Å². The van der Waals surface area contributed by atoms with Gasteiger partial charge in [-0.15, -0.1) is 0 Å². The van der Waals surface area contributed by atoms with Crippen LogP contribution in [0.15, 0.2) is 52.2 Å². The van der Waals surface area contributed by atoms with Gasteiger partial charge in [0.15, 0.2) is 0 Å². The van der Waals surface area contributed by atoms with Gasteiger partial charge in [0.1, 0.15) is 11.9 Å². The quantitative estimate of drug-likeness (QED) is 0.859. The monoisotopic (exact) mass is 383 g/mol. The zero-order valence-corrected chi connectivity index (χ0v) is 16.0. The van der Waals surface area contributed by atoms with E-state index in [-0.39, 0.29) is 11.9 Å². The zero-order chi connectivity index (χ0) is 19.5. The fraction of sp³-hybridized carbons (Fsp3) is 0.429. The number of carbonyl (C=O) groups is 1. The van der Waals surface area contributed by atoms with Gasteiger partial charge in [0.2, 0.25) is 0 Å². The van der Waals surface area contributed by atoms with E-state index in [4.69, 9.17) is 9.15 Å². The Labute approximate surface area is 164 Å². The highest BCUT2D eigenvalue weighted by atomic mass is 16.5. The van der Waals surface area contributed by atoms with Gasteiger partial charge in [0.25, 0.3) is 5.91 Å². The van der Waals surface area contributed by atoms with E-state index in [1.54, 1.807) is 17.0 Å². The summed E-state index contributed by atoms with van der Waals surface area (Å²) in [7, 11) is 0. The Morgan fingerprint density at radius 3 is 2.79 bits per heavy atom. The maximum absolute atomic E-state index is 13.1. The molecule has 1 saturated heterocycles. The topological polar surface area (TPSA) is 78.5 Å². The molecule has 4 rings (SSSR count). The lowest BCUT2D eigenvalue weighted by molar-refractivity contribution is -0.0195. The largest absolute Gasteiger partial charge is 0.467 e. The lowest BCUT2D eigenvalue weighted by Crippen LogP contribution is -2.49. The van der Waals surface area contributed by atoms with E-state index < -0.39 is 6.10 Å². The standard InChI is InChI=1S/C21H25N3O4/c1-15-8-9-24(22-15)17-6-4-16(5-7-17)21(26)23-10-12-27-14-18(23)13-19(25)20-3-2-11-28-20/h2-7,11,18-19,25H,8-10,12-14H2,1H3/t18-,19+/m0/s1. The van der Waals surface area contributed by atoms with Crippen molar-refractivity contribution >= 4 is 17.3 Å². The van der Waals surface area contributed by atoms with Crippen LogP contribution in [0.5, 0.6) is 0 Å². The maximum Gasteiger partial charge on any atom is 0.254 e. The molecule has 7 nitrogen and oxygen atoms in total. The van der Waals surface area contributed by atoms with Gasteiger partial charge in [-0.05, 0) is 43.3 Å². The molecule has 0 spiro atoms. The summed E-state index contributed by atoms with van der Waals surface area (Å²) in [4.78, 5) is 14.9. The van der Waals surface area contributed by atoms with Crippen molar-refractivity contribution in [3.8, 4) is 0 Å². The lowest BCUT2D eigenvalue weighted by atomic mass is 10.0. The number of carbonyl (C=O) groups excluding carboxylic acids is 1. The van der Waals surface area contributed by atoms with E-state index in [9.17, 15) is 9.90 Å². The van der Waals surface area contributed by atoms with Crippen LogP contribution in [-0.4, -0.2) is 54.0 Å². The molecule has 2 atom stereocenters. The Morgan fingerprint density at radius 2 is 2.11 bits per heavy atom. The number of furan rings is 1. The first-order valence-corrected chi connectivity index (χ1v) is 9.63. The highest BCUT2D eigenvalue weighted by Gasteiger charge is 2.31. The van der Waals surface area contributed by atoms with Crippen molar-refractivity contribution in [1.29, 1.82) is 0 Å². The normalized spacial score (nSPS) is 20.9. The van der Waals surface area contributed by atoms with Crippen LogP contribution in [0.2, 0.25) is 0 Å². The van der Waals surface area contributed by atoms with E-state index in [2.05, 4.69) is 5.10 Å². The number of hydrogen-bond acceptors (Lipinski definition) is 6. The van der Waals surface area contributed by atoms with Crippen molar-refractivity contribution in [3.05, 3.63) is 54.0 Å². The third-order valence-corrected chi connectivity index (χ3v) is 5.24. The number of aliphatic hydroxyl groups excluding tert-OH is 1. The molecule has 0 bridgehead atoms. The average molecular weight is 383 g/mol. The second-order valence-corrected chi connectivity index (χ2v) is 7.25. The number of rotatable bonds is 5. The van der Waals surface area contributed by atoms with E-state index in [0.717, 1.165) is 24.4 Å². The number of ether oxygens (including phenoxy) is 1. The first-order chi connectivity index (χ1) is 13.6. The van der Waals surface area contributed by atoms with Gasteiger partial charge >= 0.3 is 0 Å². The molecular weight excluding hydrogens is 358 g/mol. The van der Waals surface area contributed by atoms with Crippen molar-refractivity contribution in [1.82, 2.24) is 4.90 Å². The summed E-state index contributed by atoms with van der Waals surface area (Å²) in [6.45, 7) is 4.30. The molecule has 1 fully saturated rings. The molecule has 0 saturated carbocycles. The third-order valence-electron chi connectivity index (χ3n) is 5.24. The fourth-order valence-corrected chi connectivity index (χ4v) is 3.67. The molecule has 1 aromatic heterocycles. The molecular formula is C21H25N3O4. The molecule has 148 valence electrons. The molecule has 0 aliphatic carbocycles. The molecule has 28 heavy (non-hydrogen) atoms. The summed E-state index contributed by atoms with van der Waals surface area (Å²) in [5.41, 5.74) is 2.73. The Balaban J connectivity index is 1.45. The van der Waals surface area contributed by atoms with Crippen LogP contribution >= 0.6 is 0 Å². The van der Waals surface area contributed by atoms with Gasteiger partial charge in [-0.2, -0.15) is 5.10 Å². The highest BCUT2D eigenvalue weighted by molar-refractivity contribution is 5.95. The Morgan fingerprint density at radius 1 is 1.29 bits per heavy atom. The Bertz CT molecular complexity index is 832. The van der Waals surface area contributed by atoms with Crippen LogP contribution < -0.4 is 5.01 Å². The lowest BCUT2D eigenvalue weighted by Gasteiger charge is -2.36. The Hall–Kier alpha value is -2.64. The number of benzene rings is 1. The van der Waals surface area contributed by atoms with E-state index >= 15 is 0 Å². The van der Waals surface area contributed by atoms with Crippen molar-refractivity contribution in [3.63, 3.8) is 0 Å². The number of amides is 1. The van der Waals surface area contributed by atoms with Crippen molar-refractivity contribution in [2.75, 3.05) is 31.3 Å². The van der Waals surface area contributed by atoms with Crippen LogP contribution in [-0.2, 0) is 4.74 Å². The number of anilines is 1. The number of nitrogens with zero attached hydrogens (tertiary/aromatic N) is 3. The highest BCUT2D eigenvalue weighted by Crippen LogP contribution is 2.25. The molecule has 1 amide bonds. The summed E-state index contributed by atoms with van der Waals surface area (Å²) in [6, 6.07) is 10.8. The maximum atomic E-state index is 13.1. The van der Waals surface area contributed by atoms with E-state index in [0.29, 0.717) is 37.5 Å². The summed E-state index contributed by atoms with van der Waals surface area (Å²) in [5, 5.41) is 16.9. The van der Waals surface area contributed by atoms with E-state index in [1.165, 1.54) is 6.26 Å². The second kappa shape index (κ2) is 8.16. The third kappa shape index (κ3) is 3.95. The average Bonchev–Trinajstić information content (AvgIpc) is 3.40. The van der Waals surface area contributed by atoms with Gasteiger partial charge in [-0.1, -0.05) is 0 Å². The van der Waals surface area contributed by atoms with Gasteiger partial charge < -0.3 is 19.2 Å². The van der Waals surface area contributed by atoms with E-state index in [1.807, 2.05) is 36.2 Å². The van der Waals surface area contributed by atoms with Crippen LogP contribution in [0.1, 0.15) is 42.0 Å². The van der Waals surface area contributed by atoms with Crippen molar-refractivity contribution in [2.24, 2.45) is 5.10 Å². The van der Waals surface area contributed by atoms with Gasteiger partial charge in [-0.25, -0.2) is 0 Å². The second-order valence-electron chi connectivity index (χ2n) is 7.25. The SMILES string of the molecule is CC1=NN(c2ccc(C(=O)N3CCOC[C@@H]3C[C@@H](O)c3ccco3)cc2)CC1. The van der Waals surface area contributed by atoms with Gasteiger partial charge in [0.05, 0.1) is 31.2 Å². The minimum Gasteiger partial charge on any atom is -0.467 e. The van der Waals surface area contributed by atoms with Crippen molar-refractivity contribution in [2.45, 2.75) is 31.9 Å². The predicted molar refractivity (Wildman–Crippen MR) is 105 cm³/mol. The van der Waals surface area contributed by atoms with Gasteiger partial charge in [-0.3, -0.25) is 9.80 Å². The molecule has 2 aromatic rings. The summed E-state index contributed by atoms with van der Waals surface area (Å²) in [6.07, 6.45) is 2.11. The fourth-order valence-electron chi connectivity index (χ4n) is 3.67. The van der Waals surface area contributed by atoms with Crippen LogP contribution in [0.3, 0.4) is 0 Å². The zero-order valence-electron chi connectivity index (χ0n) is 16.0. The molecule has 7 heteroatoms. The molecule has 2 aliphatic heterocycles. The van der Waals surface area contributed by atoms with Crippen LogP contribution in [0.25, 0.3) is 0 Å². The summed E-state index contributed by atoms with van der Waals surface area (Å²) in [5.74, 6) is 0.455. The molecule has 0 unspecified atom stereocenters. The number of aliphatic hydroxyl groups is 1. The first kappa shape index (κ1) is 18.7. The smallest absolute Gasteiger partial charge is 0.254 e. The molecule has 2 aliphatic rings. The minimum atomic E-state index is -0.768. The summed E-state index contributed by atoms with van der Waals surface area (Å²) >= 11 is 0. The number of hydrazone groups is 1. The molecule has 3 heterocycles. The predicted octanol–water partition coefficient (Wildman–Crippen LogP) is 2.83. The Kier molecular flexibility index (Phi) is 5.45. The first-order valence-electron chi connectivity index (χ1n) is 9.63. The van der Waals surface area contributed by atoms with Crippen LogP contribution in [0, 0.1) is 0 Å². The minimum absolute atomic E-state index is 0.0485. The van der Waals surface area contributed by atoms with Gasteiger partial charge in [0, 0.05) is 37.2 Å². The molecule has 0 radical (unpaired) electrons. The van der Waals surface area contributed by atoms with Crippen molar-refractivity contribution < 1.29 is 19.1 Å². The molecule has 1 aromatic carbocycles. The summed E-state index contributed by atoms with van der Waals surface area (Å²) < 4.78 is 10.8. The number of hydrogen-bond donors (Lipinski definition) is 1. The number of morpholine rings is 1.